The summed E-state index contributed by atoms with van der Waals surface area (Å²) in [5.41, 5.74) is 0. The molecule has 0 aromatic heterocycles. The van der Waals surface area contributed by atoms with Crippen LogP contribution in [-0.2, 0) is 9.53 Å². The lowest BCUT2D eigenvalue weighted by molar-refractivity contribution is -0.131. The molecular formula is C12H22N2O2. The van der Waals surface area contributed by atoms with Crippen molar-refractivity contribution in [2.75, 3.05) is 32.8 Å². The summed E-state index contributed by atoms with van der Waals surface area (Å²) < 4.78 is 5.29. The van der Waals surface area contributed by atoms with Gasteiger partial charge >= 0.3 is 0 Å². The van der Waals surface area contributed by atoms with Crippen LogP contribution < -0.4 is 5.32 Å². The van der Waals surface area contributed by atoms with E-state index in [1.165, 1.54) is 19.3 Å². The van der Waals surface area contributed by atoms with Crippen LogP contribution in [0.3, 0.4) is 0 Å². The SMILES string of the molecule is O=C(CNC1CCOCC1)N1CCCCC1. The van der Waals surface area contributed by atoms with Gasteiger partial charge in [0, 0.05) is 32.3 Å². The fourth-order valence-electron chi connectivity index (χ4n) is 2.39. The van der Waals surface area contributed by atoms with Crippen molar-refractivity contribution in [3.05, 3.63) is 0 Å². The summed E-state index contributed by atoms with van der Waals surface area (Å²) in [7, 11) is 0. The first kappa shape index (κ1) is 11.9. The maximum Gasteiger partial charge on any atom is 0.236 e. The Hall–Kier alpha value is -0.610. The monoisotopic (exact) mass is 226 g/mol. The predicted octanol–water partition coefficient (Wildman–Crippen LogP) is 0.767. The molecule has 2 rings (SSSR count). The van der Waals surface area contributed by atoms with E-state index < -0.39 is 0 Å². The smallest absolute Gasteiger partial charge is 0.236 e. The first-order chi connectivity index (χ1) is 7.86. The minimum atomic E-state index is 0.270. The number of amides is 1. The second-order valence-electron chi connectivity index (χ2n) is 4.71. The summed E-state index contributed by atoms with van der Waals surface area (Å²) in [6.45, 7) is 4.07. The van der Waals surface area contributed by atoms with Gasteiger partial charge in [0.1, 0.15) is 0 Å². The lowest BCUT2D eigenvalue weighted by Gasteiger charge is -2.28. The molecule has 0 bridgehead atoms. The maximum atomic E-state index is 11.9. The summed E-state index contributed by atoms with van der Waals surface area (Å²) in [5.74, 6) is 0.270. The first-order valence-electron chi connectivity index (χ1n) is 6.45. The molecule has 0 aromatic rings. The molecule has 0 unspecified atom stereocenters. The van der Waals surface area contributed by atoms with E-state index in [0.29, 0.717) is 12.6 Å². The molecule has 4 heteroatoms. The normalized spacial score (nSPS) is 23.4. The van der Waals surface area contributed by atoms with Crippen molar-refractivity contribution in [2.45, 2.75) is 38.1 Å². The van der Waals surface area contributed by atoms with Crippen LogP contribution in [0.4, 0.5) is 0 Å². The van der Waals surface area contributed by atoms with Gasteiger partial charge in [-0.25, -0.2) is 0 Å². The van der Waals surface area contributed by atoms with E-state index in [0.717, 1.165) is 39.1 Å². The fraction of sp³-hybridized carbons (Fsp3) is 0.917. The van der Waals surface area contributed by atoms with Crippen LogP contribution >= 0.6 is 0 Å². The third kappa shape index (κ3) is 3.46. The van der Waals surface area contributed by atoms with Crippen molar-refractivity contribution in [3.63, 3.8) is 0 Å². The van der Waals surface area contributed by atoms with Crippen LogP contribution in [0.5, 0.6) is 0 Å². The van der Waals surface area contributed by atoms with Gasteiger partial charge in [-0.15, -0.1) is 0 Å². The molecule has 92 valence electrons. The topological polar surface area (TPSA) is 41.6 Å². The van der Waals surface area contributed by atoms with E-state index in [2.05, 4.69) is 5.32 Å². The van der Waals surface area contributed by atoms with E-state index in [1.54, 1.807) is 0 Å². The molecule has 0 atom stereocenters. The van der Waals surface area contributed by atoms with Gasteiger partial charge in [-0.1, -0.05) is 0 Å². The Morgan fingerprint density at radius 1 is 1.19 bits per heavy atom. The standard InChI is InChI=1S/C12H22N2O2/c15-12(14-6-2-1-3-7-14)10-13-11-4-8-16-9-5-11/h11,13H,1-10H2. The molecule has 0 radical (unpaired) electrons. The highest BCUT2D eigenvalue weighted by Crippen LogP contribution is 2.09. The van der Waals surface area contributed by atoms with Crippen LogP contribution in [0.25, 0.3) is 0 Å². The van der Waals surface area contributed by atoms with Crippen molar-refractivity contribution in [3.8, 4) is 0 Å². The number of carbonyl (C=O) groups is 1. The lowest BCUT2D eigenvalue weighted by Crippen LogP contribution is -2.45. The van der Waals surface area contributed by atoms with Gasteiger partial charge in [0.25, 0.3) is 0 Å². The number of carbonyl (C=O) groups excluding carboxylic acids is 1. The highest BCUT2D eigenvalue weighted by atomic mass is 16.5. The third-order valence-corrected chi connectivity index (χ3v) is 3.47. The van der Waals surface area contributed by atoms with E-state index >= 15 is 0 Å². The Morgan fingerprint density at radius 2 is 1.88 bits per heavy atom. The number of likely N-dealkylation sites (tertiary alicyclic amines) is 1. The highest BCUT2D eigenvalue weighted by molar-refractivity contribution is 5.78. The third-order valence-electron chi connectivity index (χ3n) is 3.47. The number of ether oxygens (including phenoxy) is 1. The molecule has 1 amide bonds. The molecule has 0 saturated carbocycles. The number of piperidine rings is 1. The van der Waals surface area contributed by atoms with E-state index in [-0.39, 0.29) is 5.91 Å². The van der Waals surface area contributed by atoms with E-state index in [4.69, 9.17) is 4.74 Å². The molecule has 2 heterocycles. The van der Waals surface area contributed by atoms with Gasteiger partial charge in [0.2, 0.25) is 5.91 Å². The second-order valence-corrected chi connectivity index (χ2v) is 4.71. The fourth-order valence-corrected chi connectivity index (χ4v) is 2.39. The molecule has 16 heavy (non-hydrogen) atoms. The van der Waals surface area contributed by atoms with Crippen LogP contribution in [0.15, 0.2) is 0 Å². The molecule has 0 aromatic carbocycles. The average Bonchev–Trinajstić information content (AvgIpc) is 2.38. The molecule has 2 aliphatic heterocycles. The summed E-state index contributed by atoms with van der Waals surface area (Å²) in [5, 5.41) is 3.35. The van der Waals surface area contributed by atoms with Crippen LogP contribution in [-0.4, -0.2) is 49.7 Å². The van der Waals surface area contributed by atoms with Crippen LogP contribution in [0.2, 0.25) is 0 Å². The van der Waals surface area contributed by atoms with Gasteiger partial charge in [-0.2, -0.15) is 0 Å². The predicted molar refractivity (Wildman–Crippen MR) is 62.3 cm³/mol. The minimum Gasteiger partial charge on any atom is -0.381 e. The van der Waals surface area contributed by atoms with Crippen molar-refractivity contribution in [2.24, 2.45) is 0 Å². The summed E-state index contributed by atoms with van der Waals surface area (Å²) in [4.78, 5) is 13.9. The molecular weight excluding hydrogens is 204 g/mol. The molecule has 2 fully saturated rings. The highest BCUT2D eigenvalue weighted by Gasteiger charge is 2.18. The van der Waals surface area contributed by atoms with Crippen molar-refractivity contribution >= 4 is 5.91 Å². The number of nitrogens with one attached hydrogen (secondary N) is 1. The maximum absolute atomic E-state index is 11.9. The Kier molecular flexibility index (Phi) is 4.60. The van der Waals surface area contributed by atoms with Gasteiger partial charge in [0.15, 0.2) is 0 Å². The van der Waals surface area contributed by atoms with Gasteiger partial charge in [-0.3, -0.25) is 4.79 Å². The number of rotatable bonds is 3. The first-order valence-corrected chi connectivity index (χ1v) is 6.45. The van der Waals surface area contributed by atoms with Crippen molar-refractivity contribution in [1.29, 1.82) is 0 Å². The van der Waals surface area contributed by atoms with E-state index in [1.807, 2.05) is 4.90 Å². The number of hydrogen-bond acceptors (Lipinski definition) is 3. The minimum absolute atomic E-state index is 0.270. The largest absolute Gasteiger partial charge is 0.381 e. The Balaban J connectivity index is 1.65. The zero-order valence-electron chi connectivity index (χ0n) is 9.91. The molecule has 0 spiro atoms. The van der Waals surface area contributed by atoms with Gasteiger partial charge in [-0.05, 0) is 32.1 Å². The number of nitrogens with zero attached hydrogens (tertiary/aromatic N) is 1. The molecule has 2 aliphatic rings. The summed E-state index contributed by atoms with van der Waals surface area (Å²) >= 11 is 0. The summed E-state index contributed by atoms with van der Waals surface area (Å²) in [6.07, 6.45) is 5.68. The molecule has 1 N–H and O–H groups in total. The Bertz CT molecular complexity index is 221. The van der Waals surface area contributed by atoms with Crippen molar-refractivity contribution in [1.82, 2.24) is 10.2 Å². The average molecular weight is 226 g/mol. The Labute approximate surface area is 97.3 Å². The quantitative estimate of drug-likeness (QED) is 0.773. The van der Waals surface area contributed by atoms with Crippen molar-refractivity contribution < 1.29 is 9.53 Å². The molecule has 0 aliphatic carbocycles. The molecule has 4 nitrogen and oxygen atoms in total. The molecule has 2 saturated heterocycles. The lowest BCUT2D eigenvalue weighted by atomic mass is 10.1. The van der Waals surface area contributed by atoms with Crippen LogP contribution in [0.1, 0.15) is 32.1 Å². The van der Waals surface area contributed by atoms with Gasteiger partial charge in [0.05, 0.1) is 6.54 Å². The Morgan fingerprint density at radius 3 is 2.56 bits per heavy atom. The number of hydrogen-bond donors (Lipinski definition) is 1. The second kappa shape index (κ2) is 6.21. The zero-order valence-corrected chi connectivity index (χ0v) is 9.91. The van der Waals surface area contributed by atoms with E-state index in [9.17, 15) is 4.79 Å². The summed E-state index contributed by atoms with van der Waals surface area (Å²) in [6, 6.07) is 0.475. The van der Waals surface area contributed by atoms with Gasteiger partial charge < -0.3 is 15.0 Å². The zero-order chi connectivity index (χ0) is 11.2. The van der Waals surface area contributed by atoms with Crippen LogP contribution in [0, 0.1) is 0 Å².